The van der Waals surface area contributed by atoms with Gasteiger partial charge in [-0.1, -0.05) is 30.3 Å². The lowest BCUT2D eigenvalue weighted by Crippen LogP contribution is -2.15. The van der Waals surface area contributed by atoms with E-state index in [1.165, 1.54) is 7.11 Å². The van der Waals surface area contributed by atoms with Crippen molar-refractivity contribution in [3.63, 3.8) is 0 Å². The highest BCUT2D eigenvalue weighted by Gasteiger charge is 2.35. The molecule has 5 heteroatoms. The van der Waals surface area contributed by atoms with Crippen molar-refractivity contribution in [2.75, 3.05) is 26.1 Å². The second kappa shape index (κ2) is 6.44. The Hall–Kier alpha value is -1.61. The maximum absolute atomic E-state index is 13.1. The van der Waals surface area contributed by atoms with Crippen LogP contribution in [-0.2, 0) is 9.09 Å². The van der Waals surface area contributed by atoms with Crippen LogP contribution in [0.1, 0.15) is 11.4 Å². The van der Waals surface area contributed by atoms with Crippen LogP contribution in [0.4, 0.5) is 5.69 Å². The number of nitrogens with zero attached hydrogens (tertiary/aromatic N) is 1. The summed E-state index contributed by atoms with van der Waals surface area (Å²) in [6, 6.07) is 16.1. The predicted octanol–water partition coefficient (Wildman–Crippen LogP) is 2.99. The molecule has 0 aliphatic rings. The molecule has 21 heavy (non-hydrogen) atoms. The van der Waals surface area contributed by atoms with E-state index in [4.69, 9.17) is 4.52 Å². The lowest BCUT2D eigenvalue weighted by molar-refractivity contribution is 0.229. The zero-order valence-electron chi connectivity index (χ0n) is 12.4. The fourth-order valence-electron chi connectivity index (χ4n) is 2.13. The summed E-state index contributed by atoms with van der Waals surface area (Å²) in [4.78, 5) is 1.95. The molecule has 2 rings (SSSR count). The molecule has 0 bridgehead atoms. The molecule has 112 valence electrons. The minimum atomic E-state index is -3.38. The molecule has 0 aromatic heterocycles. The first-order chi connectivity index (χ1) is 9.99. The Balaban J connectivity index is 2.39. The molecule has 0 unspecified atom stereocenters. The van der Waals surface area contributed by atoms with E-state index in [1.807, 2.05) is 37.2 Å². The second-order valence-corrected chi connectivity index (χ2v) is 7.54. The fraction of sp³-hybridized carbons (Fsp3) is 0.250. The Kier molecular flexibility index (Phi) is 4.84. The lowest BCUT2D eigenvalue weighted by Gasteiger charge is -2.23. The molecular weight excluding hydrogens is 285 g/mol. The second-order valence-electron chi connectivity index (χ2n) is 4.97. The molecule has 0 saturated carbocycles. The third kappa shape index (κ3) is 3.18. The SMILES string of the molecule is CO[P@@](=O)(c1ccc(N(C)C)cc1)[C@H](O)c1ccccc1. The van der Waals surface area contributed by atoms with Gasteiger partial charge in [-0.05, 0) is 29.8 Å². The van der Waals surface area contributed by atoms with Crippen LogP contribution in [0.5, 0.6) is 0 Å². The molecule has 0 aliphatic carbocycles. The molecule has 0 heterocycles. The van der Waals surface area contributed by atoms with E-state index in [9.17, 15) is 9.67 Å². The first kappa shape index (κ1) is 15.8. The molecule has 0 radical (unpaired) electrons. The minimum Gasteiger partial charge on any atom is -0.378 e. The van der Waals surface area contributed by atoms with Gasteiger partial charge in [0.05, 0.1) is 0 Å². The van der Waals surface area contributed by atoms with Crippen molar-refractivity contribution in [1.29, 1.82) is 0 Å². The summed E-state index contributed by atoms with van der Waals surface area (Å²) < 4.78 is 18.3. The van der Waals surface area contributed by atoms with E-state index in [2.05, 4.69) is 0 Å². The van der Waals surface area contributed by atoms with E-state index < -0.39 is 13.2 Å². The van der Waals surface area contributed by atoms with Crippen LogP contribution in [0.2, 0.25) is 0 Å². The summed E-state index contributed by atoms with van der Waals surface area (Å²) in [6.45, 7) is 0. The Bertz CT molecular complexity index is 626. The number of rotatable bonds is 5. The molecule has 1 N–H and O–H groups in total. The van der Waals surface area contributed by atoms with Crippen molar-refractivity contribution in [3.8, 4) is 0 Å². The van der Waals surface area contributed by atoms with Gasteiger partial charge in [0, 0.05) is 32.2 Å². The normalized spacial score (nSPS) is 15.2. The van der Waals surface area contributed by atoms with Crippen molar-refractivity contribution < 1.29 is 14.2 Å². The fourth-order valence-corrected chi connectivity index (χ4v) is 3.95. The first-order valence-corrected chi connectivity index (χ1v) is 8.35. The first-order valence-electron chi connectivity index (χ1n) is 6.65. The Morgan fingerprint density at radius 3 is 2.10 bits per heavy atom. The number of aliphatic hydroxyl groups is 1. The summed E-state index contributed by atoms with van der Waals surface area (Å²) in [5, 5.41) is 11.0. The van der Waals surface area contributed by atoms with Crippen LogP contribution in [0, 0.1) is 0 Å². The van der Waals surface area contributed by atoms with E-state index in [0.29, 0.717) is 10.9 Å². The van der Waals surface area contributed by atoms with Gasteiger partial charge in [0.2, 0.25) is 0 Å². The maximum Gasteiger partial charge on any atom is 0.263 e. The van der Waals surface area contributed by atoms with Crippen LogP contribution in [0.25, 0.3) is 0 Å². The van der Waals surface area contributed by atoms with E-state index >= 15 is 0 Å². The van der Waals surface area contributed by atoms with Crippen LogP contribution in [0.3, 0.4) is 0 Å². The van der Waals surface area contributed by atoms with Gasteiger partial charge in [-0.25, -0.2) is 0 Å². The molecule has 0 spiro atoms. The van der Waals surface area contributed by atoms with Crippen LogP contribution in [0.15, 0.2) is 54.6 Å². The van der Waals surface area contributed by atoms with Gasteiger partial charge < -0.3 is 14.5 Å². The summed E-state index contributed by atoms with van der Waals surface area (Å²) in [6.07, 6.45) is 0. The largest absolute Gasteiger partial charge is 0.378 e. The van der Waals surface area contributed by atoms with Gasteiger partial charge in [-0.3, -0.25) is 4.57 Å². The van der Waals surface area contributed by atoms with Gasteiger partial charge >= 0.3 is 0 Å². The van der Waals surface area contributed by atoms with Crippen molar-refractivity contribution in [2.45, 2.75) is 5.85 Å². The number of hydrogen-bond donors (Lipinski definition) is 1. The Morgan fingerprint density at radius 2 is 1.62 bits per heavy atom. The Labute approximate surface area is 125 Å². The number of hydrogen-bond acceptors (Lipinski definition) is 4. The zero-order chi connectivity index (χ0) is 15.5. The molecule has 2 aromatic carbocycles. The van der Waals surface area contributed by atoms with Crippen molar-refractivity contribution in [2.24, 2.45) is 0 Å². The lowest BCUT2D eigenvalue weighted by atomic mass is 10.2. The smallest absolute Gasteiger partial charge is 0.263 e. The topological polar surface area (TPSA) is 49.8 Å². The molecular formula is C16H20NO3P. The van der Waals surface area contributed by atoms with E-state index in [-0.39, 0.29) is 0 Å². The van der Waals surface area contributed by atoms with Gasteiger partial charge in [0.1, 0.15) is 0 Å². The third-order valence-corrected chi connectivity index (χ3v) is 5.92. The Morgan fingerprint density at radius 1 is 1.05 bits per heavy atom. The molecule has 0 aliphatic heterocycles. The summed E-state index contributed by atoms with van der Waals surface area (Å²) in [5.41, 5.74) is 1.58. The molecule has 4 nitrogen and oxygen atoms in total. The van der Waals surface area contributed by atoms with Crippen LogP contribution < -0.4 is 10.2 Å². The summed E-state index contributed by atoms with van der Waals surface area (Å²) >= 11 is 0. The van der Waals surface area contributed by atoms with Gasteiger partial charge in [0.25, 0.3) is 7.37 Å². The average Bonchev–Trinajstić information content (AvgIpc) is 2.54. The maximum atomic E-state index is 13.1. The quantitative estimate of drug-likeness (QED) is 0.863. The van der Waals surface area contributed by atoms with Gasteiger partial charge in [0.15, 0.2) is 5.85 Å². The molecule has 2 aromatic rings. The van der Waals surface area contributed by atoms with Crippen molar-refractivity contribution in [3.05, 3.63) is 60.2 Å². The van der Waals surface area contributed by atoms with Gasteiger partial charge in [-0.2, -0.15) is 0 Å². The summed E-state index contributed by atoms with van der Waals surface area (Å²) in [5.74, 6) is -1.17. The number of anilines is 1. The molecule has 0 amide bonds. The number of benzene rings is 2. The molecule has 2 atom stereocenters. The number of aliphatic hydroxyl groups excluding tert-OH is 1. The van der Waals surface area contributed by atoms with Crippen LogP contribution in [-0.4, -0.2) is 26.3 Å². The van der Waals surface area contributed by atoms with Crippen molar-refractivity contribution >= 4 is 18.4 Å². The third-order valence-electron chi connectivity index (χ3n) is 3.42. The molecule has 0 fully saturated rings. The average molecular weight is 305 g/mol. The van der Waals surface area contributed by atoms with Gasteiger partial charge in [-0.15, -0.1) is 0 Å². The van der Waals surface area contributed by atoms with Crippen LogP contribution >= 0.6 is 7.37 Å². The zero-order valence-corrected chi connectivity index (χ0v) is 13.3. The highest BCUT2D eigenvalue weighted by atomic mass is 31.2. The monoisotopic (exact) mass is 305 g/mol. The standard InChI is InChI=1S/C16H20NO3P/c1-17(2)14-9-11-15(12-10-14)21(19,20-3)16(18)13-7-5-4-6-8-13/h4-12,16,18H,1-3H3/t16-,21-/m0/s1. The van der Waals surface area contributed by atoms with Crippen molar-refractivity contribution in [1.82, 2.24) is 0 Å². The highest BCUT2D eigenvalue weighted by Crippen LogP contribution is 2.56. The highest BCUT2D eigenvalue weighted by molar-refractivity contribution is 7.67. The minimum absolute atomic E-state index is 0.506. The molecule has 0 saturated heterocycles. The predicted molar refractivity (Wildman–Crippen MR) is 86.4 cm³/mol. The van der Waals surface area contributed by atoms with E-state index in [1.54, 1.807) is 36.4 Å². The summed E-state index contributed by atoms with van der Waals surface area (Å²) in [7, 11) is 1.86. The van der Waals surface area contributed by atoms with E-state index in [0.717, 1.165) is 5.69 Å².